The number of benzene rings is 2. The van der Waals surface area contributed by atoms with Crippen molar-refractivity contribution in [1.82, 2.24) is 4.98 Å². The van der Waals surface area contributed by atoms with Crippen molar-refractivity contribution in [3.05, 3.63) is 82.5 Å². The number of hydrogen-bond donors (Lipinski definition) is 1. The highest BCUT2D eigenvalue weighted by atomic mass is 35.5. The number of halogens is 1. The molecule has 23 heavy (non-hydrogen) atoms. The van der Waals surface area contributed by atoms with Gasteiger partial charge in [0, 0.05) is 22.7 Å². The summed E-state index contributed by atoms with van der Waals surface area (Å²) in [5, 5.41) is 10.1. The fraction of sp³-hybridized carbons (Fsp3) is 0.0526. The Balaban J connectivity index is 2.07. The van der Waals surface area contributed by atoms with Gasteiger partial charge in [0.2, 0.25) is 0 Å². The normalized spacial score (nSPS) is 10.3. The topological polar surface area (TPSA) is 62.7 Å². The van der Waals surface area contributed by atoms with E-state index in [0.717, 1.165) is 22.4 Å². The molecular weight excluding hydrogens is 306 g/mol. The molecule has 3 aromatic rings. The van der Waals surface area contributed by atoms with Crippen LogP contribution in [-0.4, -0.2) is 4.98 Å². The summed E-state index contributed by atoms with van der Waals surface area (Å²) in [6.07, 6.45) is 0.664. The van der Waals surface area contributed by atoms with E-state index in [-0.39, 0.29) is 5.82 Å². The third-order valence-corrected chi connectivity index (χ3v) is 3.85. The van der Waals surface area contributed by atoms with Gasteiger partial charge in [0.15, 0.2) is 0 Å². The number of pyridine rings is 1. The summed E-state index contributed by atoms with van der Waals surface area (Å²) in [5.74, 6) is 0.255. The van der Waals surface area contributed by atoms with Crippen LogP contribution in [-0.2, 0) is 6.42 Å². The van der Waals surface area contributed by atoms with Gasteiger partial charge in [-0.3, -0.25) is 0 Å². The summed E-state index contributed by atoms with van der Waals surface area (Å²) in [4.78, 5) is 4.37. The second kappa shape index (κ2) is 6.51. The Morgan fingerprint density at radius 2 is 1.74 bits per heavy atom. The average Bonchev–Trinajstić information content (AvgIpc) is 2.56. The molecule has 0 atom stereocenters. The Kier molecular flexibility index (Phi) is 4.27. The number of aromatic nitrogens is 1. The van der Waals surface area contributed by atoms with Crippen molar-refractivity contribution in [2.75, 3.05) is 5.73 Å². The smallest absolute Gasteiger partial charge is 0.142 e. The molecule has 0 aliphatic heterocycles. The predicted octanol–water partition coefficient (Wildman–Crippen LogP) is 4.45. The van der Waals surface area contributed by atoms with Crippen LogP contribution in [0.4, 0.5) is 5.82 Å². The first kappa shape index (κ1) is 15.1. The molecule has 0 radical (unpaired) electrons. The number of nitrogens with two attached hydrogens (primary N) is 1. The molecule has 1 aromatic heterocycles. The average molecular weight is 320 g/mol. The minimum Gasteiger partial charge on any atom is -0.383 e. The molecule has 0 amide bonds. The number of nitrogens with zero attached hydrogens (tertiary/aromatic N) is 2. The van der Waals surface area contributed by atoms with E-state index in [2.05, 4.69) is 11.1 Å². The Morgan fingerprint density at radius 1 is 1.04 bits per heavy atom. The molecule has 1 heterocycles. The van der Waals surface area contributed by atoms with Crippen molar-refractivity contribution < 1.29 is 0 Å². The van der Waals surface area contributed by atoms with E-state index in [1.54, 1.807) is 12.1 Å². The van der Waals surface area contributed by atoms with Crippen molar-refractivity contribution in [3.63, 3.8) is 0 Å². The van der Waals surface area contributed by atoms with Crippen molar-refractivity contribution in [2.45, 2.75) is 6.42 Å². The Hall–Kier alpha value is -2.83. The molecule has 112 valence electrons. The SMILES string of the molecule is N#Cc1c(-c2ccc(Cl)cc2)cc(Cc2ccccc2)nc1N. The number of nitrogen functional groups attached to an aromatic ring is 1. The van der Waals surface area contributed by atoms with Gasteiger partial charge in [-0.2, -0.15) is 5.26 Å². The molecule has 4 heteroatoms. The third kappa shape index (κ3) is 3.33. The number of anilines is 1. The second-order valence-corrected chi connectivity index (χ2v) is 5.64. The lowest BCUT2D eigenvalue weighted by Crippen LogP contribution is -2.02. The monoisotopic (exact) mass is 319 g/mol. The van der Waals surface area contributed by atoms with Crippen molar-refractivity contribution in [1.29, 1.82) is 5.26 Å². The maximum Gasteiger partial charge on any atom is 0.142 e. The molecule has 3 nitrogen and oxygen atoms in total. The van der Waals surface area contributed by atoms with Gasteiger partial charge in [-0.15, -0.1) is 0 Å². The van der Waals surface area contributed by atoms with Crippen molar-refractivity contribution >= 4 is 17.4 Å². The molecule has 0 fully saturated rings. The maximum absolute atomic E-state index is 9.40. The first-order valence-corrected chi connectivity index (χ1v) is 7.54. The second-order valence-electron chi connectivity index (χ2n) is 5.20. The predicted molar refractivity (Wildman–Crippen MR) is 93.1 cm³/mol. The lowest BCUT2D eigenvalue weighted by molar-refractivity contribution is 1.08. The van der Waals surface area contributed by atoms with Gasteiger partial charge in [-0.1, -0.05) is 54.1 Å². The van der Waals surface area contributed by atoms with Gasteiger partial charge in [-0.05, 0) is 29.3 Å². The summed E-state index contributed by atoms with van der Waals surface area (Å²) < 4.78 is 0. The maximum atomic E-state index is 9.40. The highest BCUT2D eigenvalue weighted by molar-refractivity contribution is 6.30. The lowest BCUT2D eigenvalue weighted by atomic mass is 9.98. The number of hydrogen-bond acceptors (Lipinski definition) is 3. The zero-order valence-electron chi connectivity index (χ0n) is 12.3. The van der Waals surface area contributed by atoms with Crippen LogP contribution in [0.15, 0.2) is 60.7 Å². The summed E-state index contributed by atoms with van der Waals surface area (Å²) >= 11 is 5.94. The van der Waals surface area contributed by atoms with E-state index in [1.165, 1.54) is 0 Å². The van der Waals surface area contributed by atoms with Gasteiger partial charge in [0.25, 0.3) is 0 Å². The van der Waals surface area contributed by atoms with E-state index in [4.69, 9.17) is 17.3 Å². The van der Waals surface area contributed by atoms with Crippen molar-refractivity contribution in [3.8, 4) is 17.2 Å². The van der Waals surface area contributed by atoms with Crippen LogP contribution in [0.25, 0.3) is 11.1 Å². The first-order valence-electron chi connectivity index (χ1n) is 7.16. The fourth-order valence-corrected chi connectivity index (χ4v) is 2.62. The summed E-state index contributed by atoms with van der Waals surface area (Å²) in [5.41, 5.74) is 10.0. The zero-order valence-corrected chi connectivity index (χ0v) is 13.1. The Labute approximate surface area is 140 Å². The molecular formula is C19H14ClN3. The highest BCUT2D eigenvalue weighted by Crippen LogP contribution is 2.29. The summed E-state index contributed by atoms with van der Waals surface area (Å²) in [6.45, 7) is 0. The van der Waals surface area contributed by atoms with Crippen LogP contribution in [0.1, 0.15) is 16.8 Å². The zero-order chi connectivity index (χ0) is 16.2. The number of nitriles is 1. The number of rotatable bonds is 3. The van der Waals surface area contributed by atoms with Gasteiger partial charge in [-0.25, -0.2) is 4.98 Å². The third-order valence-electron chi connectivity index (χ3n) is 3.60. The standard InChI is InChI=1S/C19H14ClN3/c20-15-8-6-14(7-9-15)17-11-16(23-19(22)18(17)12-21)10-13-4-2-1-3-5-13/h1-9,11H,10H2,(H2,22,23). The van der Waals surface area contributed by atoms with E-state index in [0.29, 0.717) is 17.0 Å². The Morgan fingerprint density at radius 3 is 2.39 bits per heavy atom. The van der Waals surface area contributed by atoms with E-state index >= 15 is 0 Å². The molecule has 0 saturated carbocycles. The van der Waals surface area contributed by atoms with Gasteiger partial charge < -0.3 is 5.73 Å². The van der Waals surface area contributed by atoms with E-state index < -0.39 is 0 Å². The molecule has 0 aliphatic carbocycles. The van der Waals surface area contributed by atoms with Gasteiger partial charge >= 0.3 is 0 Å². The van der Waals surface area contributed by atoms with Crippen LogP contribution in [0.5, 0.6) is 0 Å². The van der Waals surface area contributed by atoms with Crippen LogP contribution < -0.4 is 5.73 Å². The van der Waals surface area contributed by atoms with E-state index in [9.17, 15) is 5.26 Å². The van der Waals surface area contributed by atoms with Crippen LogP contribution in [0.2, 0.25) is 5.02 Å². The van der Waals surface area contributed by atoms with Crippen LogP contribution in [0, 0.1) is 11.3 Å². The highest BCUT2D eigenvalue weighted by Gasteiger charge is 2.12. The molecule has 0 aliphatic rings. The first-order chi connectivity index (χ1) is 11.2. The molecule has 0 saturated heterocycles. The minimum atomic E-state index is 0.255. The lowest BCUT2D eigenvalue weighted by Gasteiger charge is -2.10. The molecule has 0 bridgehead atoms. The quantitative estimate of drug-likeness (QED) is 0.776. The largest absolute Gasteiger partial charge is 0.383 e. The molecule has 0 unspecified atom stereocenters. The van der Waals surface area contributed by atoms with Gasteiger partial charge in [0.1, 0.15) is 17.5 Å². The van der Waals surface area contributed by atoms with Gasteiger partial charge in [0.05, 0.1) is 0 Å². The molecule has 0 spiro atoms. The van der Waals surface area contributed by atoms with Crippen LogP contribution in [0.3, 0.4) is 0 Å². The summed E-state index contributed by atoms with van der Waals surface area (Å²) in [7, 11) is 0. The minimum absolute atomic E-state index is 0.255. The van der Waals surface area contributed by atoms with Crippen molar-refractivity contribution in [2.24, 2.45) is 0 Å². The molecule has 3 rings (SSSR count). The molecule has 2 N–H and O–H groups in total. The summed E-state index contributed by atoms with van der Waals surface area (Å²) in [6, 6.07) is 21.5. The Bertz CT molecular complexity index is 866. The fourth-order valence-electron chi connectivity index (χ4n) is 2.49. The molecule has 2 aromatic carbocycles. The van der Waals surface area contributed by atoms with Crippen LogP contribution >= 0.6 is 11.6 Å². The van der Waals surface area contributed by atoms with E-state index in [1.807, 2.05) is 48.5 Å².